The van der Waals surface area contributed by atoms with Gasteiger partial charge in [-0.25, -0.2) is 4.39 Å². The standard InChI is InChI=1S/C11H9BrFN3O3/c1-17-9-14-10(18-2)16-11(15-9)19-8-4-6(12)3-7(13)5-8/h3-5H,1-2H3. The van der Waals surface area contributed by atoms with Gasteiger partial charge in [-0.05, 0) is 12.1 Å². The SMILES string of the molecule is COc1nc(OC)nc(Oc2cc(F)cc(Br)c2)n1. The Kier molecular flexibility index (Phi) is 4.10. The van der Waals surface area contributed by atoms with E-state index in [0.29, 0.717) is 4.47 Å². The monoisotopic (exact) mass is 329 g/mol. The molecular formula is C11H9BrFN3O3. The lowest BCUT2D eigenvalue weighted by Crippen LogP contribution is -2.01. The minimum Gasteiger partial charge on any atom is -0.467 e. The van der Waals surface area contributed by atoms with Crippen molar-refractivity contribution in [2.24, 2.45) is 0 Å². The molecule has 2 aromatic rings. The van der Waals surface area contributed by atoms with E-state index in [2.05, 4.69) is 30.9 Å². The van der Waals surface area contributed by atoms with Crippen molar-refractivity contribution in [2.45, 2.75) is 0 Å². The summed E-state index contributed by atoms with van der Waals surface area (Å²) >= 11 is 3.16. The molecule has 1 aromatic heterocycles. The van der Waals surface area contributed by atoms with Crippen LogP contribution in [-0.2, 0) is 0 Å². The van der Waals surface area contributed by atoms with Gasteiger partial charge in [-0.1, -0.05) is 15.9 Å². The second-order valence-electron chi connectivity index (χ2n) is 3.30. The summed E-state index contributed by atoms with van der Waals surface area (Å²) < 4.78 is 28.8. The van der Waals surface area contributed by atoms with Crippen LogP contribution in [0.2, 0.25) is 0 Å². The maximum atomic E-state index is 13.2. The first-order chi connectivity index (χ1) is 9.10. The van der Waals surface area contributed by atoms with Gasteiger partial charge >= 0.3 is 18.0 Å². The summed E-state index contributed by atoms with van der Waals surface area (Å²) in [6.07, 6.45) is 0. The fourth-order valence-corrected chi connectivity index (χ4v) is 1.69. The first kappa shape index (κ1) is 13.5. The number of ether oxygens (including phenoxy) is 3. The highest BCUT2D eigenvalue weighted by Crippen LogP contribution is 2.25. The van der Waals surface area contributed by atoms with Gasteiger partial charge < -0.3 is 14.2 Å². The van der Waals surface area contributed by atoms with E-state index in [-0.39, 0.29) is 23.8 Å². The topological polar surface area (TPSA) is 66.4 Å². The summed E-state index contributed by atoms with van der Waals surface area (Å²) in [6.45, 7) is 0. The van der Waals surface area contributed by atoms with Gasteiger partial charge in [-0.15, -0.1) is 15.0 Å². The molecule has 6 nitrogen and oxygen atoms in total. The molecule has 2 rings (SSSR count). The van der Waals surface area contributed by atoms with Gasteiger partial charge in [0.2, 0.25) is 0 Å². The Bertz CT molecular complexity index is 555. The lowest BCUT2D eigenvalue weighted by atomic mass is 10.3. The quantitative estimate of drug-likeness (QED) is 0.858. The van der Waals surface area contributed by atoms with Crippen molar-refractivity contribution in [1.82, 2.24) is 15.0 Å². The van der Waals surface area contributed by atoms with E-state index < -0.39 is 5.82 Å². The molecule has 0 aliphatic rings. The number of hydrogen-bond acceptors (Lipinski definition) is 6. The number of aromatic nitrogens is 3. The number of nitrogens with zero attached hydrogens (tertiary/aromatic N) is 3. The van der Waals surface area contributed by atoms with Gasteiger partial charge in [-0.2, -0.15) is 0 Å². The molecule has 0 saturated heterocycles. The molecule has 0 unspecified atom stereocenters. The van der Waals surface area contributed by atoms with Crippen LogP contribution in [0.1, 0.15) is 0 Å². The van der Waals surface area contributed by atoms with Crippen LogP contribution >= 0.6 is 15.9 Å². The van der Waals surface area contributed by atoms with E-state index in [1.165, 1.54) is 26.4 Å². The molecule has 0 aliphatic carbocycles. The smallest absolute Gasteiger partial charge is 0.331 e. The molecule has 19 heavy (non-hydrogen) atoms. The van der Waals surface area contributed by atoms with E-state index in [0.717, 1.165) is 0 Å². The lowest BCUT2D eigenvalue weighted by molar-refractivity contribution is 0.320. The molecule has 0 N–H and O–H groups in total. The third kappa shape index (κ3) is 3.50. The molecule has 0 saturated carbocycles. The van der Waals surface area contributed by atoms with Gasteiger partial charge in [0, 0.05) is 10.5 Å². The predicted molar refractivity (Wildman–Crippen MR) is 67.1 cm³/mol. The van der Waals surface area contributed by atoms with Crippen LogP contribution in [-0.4, -0.2) is 29.2 Å². The summed E-state index contributed by atoms with van der Waals surface area (Å²) in [6, 6.07) is 4.11. The van der Waals surface area contributed by atoms with Gasteiger partial charge in [0.1, 0.15) is 11.6 Å². The second-order valence-corrected chi connectivity index (χ2v) is 4.21. The van der Waals surface area contributed by atoms with E-state index in [1.54, 1.807) is 6.07 Å². The Morgan fingerprint density at radius 2 is 1.53 bits per heavy atom. The summed E-state index contributed by atoms with van der Waals surface area (Å²) in [5, 5.41) is 0. The molecule has 100 valence electrons. The van der Waals surface area contributed by atoms with Crippen LogP contribution in [0.3, 0.4) is 0 Å². The lowest BCUT2D eigenvalue weighted by Gasteiger charge is -2.06. The Balaban J connectivity index is 2.31. The van der Waals surface area contributed by atoms with Crippen molar-refractivity contribution < 1.29 is 18.6 Å². The summed E-state index contributed by atoms with van der Waals surface area (Å²) in [5.74, 6) is -0.209. The second kappa shape index (κ2) is 5.79. The first-order valence-corrected chi connectivity index (χ1v) is 5.88. The van der Waals surface area contributed by atoms with Crippen molar-refractivity contribution in [1.29, 1.82) is 0 Å². The van der Waals surface area contributed by atoms with Crippen molar-refractivity contribution in [3.05, 3.63) is 28.5 Å². The fourth-order valence-electron chi connectivity index (χ4n) is 1.24. The first-order valence-electron chi connectivity index (χ1n) is 5.08. The number of rotatable bonds is 4. The number of benzene rings is 1. The molecule has 0 fully saturated rings. The van der Waals surface area contributed by atoms with Crippen LogP contribution < -0.4 is 14.2 Å². The van der Waals surface area contributed by atoms with E-state index in [9.17, 15) is 4.39 Å². The van der Waals surface area contributed by atoms with Gasteiger partial charge in [0.05, 0.1) is 14.2 Å². The minimum atomic E-state index is -0.447. The highest BCUT2D eigenvalue weighted by Gasteiger charge is 2.10. The zero-order valence-corrected chi connectivity index (χ0v) is 11.6. The van der Waals surface area contributed by atoms with E-state index in [4.69, 9.17) is 14.2 Å². The van der Waals surface area contributed by atoms with E-state index in [1.807, 2.05) is 0 Å². The Morgan fingerprint density at radius 1 is 0.947 bits per heavy atom. The minimum absolute atomic E-state index is 0.0392. The number of halogens is 2. The van der Waals surface area contributed by atoms with Gasteiger partial charge in [-0.3, -0.25) is 0 Å². The van der Waals surface area contributed by atoms with Crippen molar-refractivity contribution >= 4 is 15.9 Å². The Hall–Kier alpha value is -1.96. The zero-order chi connectivity index (χ0) is 13.8. The summed E-state index contributed by atoms with van der Waals surface area (Å²) in [7, 11) is 2.80. The van der Waals surface area contributed by atoms with Crippen molar-refractivity contribution in [3.8, 4) is 23.8 Å². The molecule has 0 aliphatic heterocycles. The van der Waals surface area contributed by atoms with Crippen LogP contribution in [0.5, 0.6) is 23.8 Å². The maximum Gasteiger partial charge on any atom is 0.331 e. The molecular weight excluding hydrogens is 321 g/mol. The summed E-state index contributed by atoms with van der Waals surface area (Å²) in [4.78, 5) is 11.6. The van der Waals surface area contributed by atoms with Crippen molar-refractivity contribution in [3.63, 3.8) is 0 Å². The maximum absolute atomic E-state index is 13.2. The molecule has 1 aromatic carbocycles. The number of methoxy groups -OCH3 is 2. The highest BCUT2D eigenvalue weighted by atomic mass is 79.9. The van der Waals surface area contributed by atoms with E-state index >= 15 is 0 Å². The normalized spacial score (nSPS) is 10.1. The molecule has 0 amide bonds. The summed E-state index contributed by atoms with van der Waals surface area (Å²) in [5.41, 5.74) is 0. The molecule has 1 heterocycles. The zero-order valence-electron chi connectivity index (χ0n) is 10.1. The number of hydrogen-bond donors (Lipinski definition) is 0. The Labute approximate surface area is 116 Å². The average Bonchev–Trinajstić information content (AvgIpc) is 2.37. The molecule has 0 radical (unpaired) electrons. The molecule has 0 bridgehead atoms. The van der Waals surface area contributed by atoms with Crippen LogP contribution in [0.4, 0.5) is 4.39 Å². The molecule has 0 spiro atoms. The predicted octanol–water partition coefficient (Wildman–Crippen LogP) is 2.58. The largest absolute Gasteiger partial charge is 0.467 e. The van der Waals surface area contributed by atoms with Gasteiger partial charge in [0.15, 0.2) is 0 Å². The average molecular weight is 330 g/mol. The van der Waals surface area contributed by atoms with Crippen LogP contribution in [0, 0.1) is 5.82 Å². The highest BCUT2D eigenvalue weighted by molar-refractivity contribution is 9.10. The van der Waals surface area contributed by atoms with Crippen LogP contribution in [0.25, 0.3) is 0 Å². The van der Waals surface area contributed by atoms with Crippen LogP contribution in [0.15, 0.2) is 22.7 Å². The molecule has 0 atom stereocenters. The molecule has 8 heteroatoms. The van der Waals surface area contributed by atoms with Crippen molar-refractivity contribution in [2.75, 3.05) is 14.2 Å². The Morgan fingerprint density at radius 3 is 2.05 bits per heavy atom. The fraction of sp³-hybridized carbons (Fsp3) is 0.182. The third-order valence-corrected chi connectivity index (χ3v) is 2.44. The third-order valence-electron chi connectivity index (χ3n) is 1.98. The van der Waals surface area contributed by atoms with Gasteiger partial charge in [0.25, 0.3) is 0 Å².